The number of likely N-dealkylation sites (N-methyl/N-ethyl adjacent to an activating group) is 1. The van der Waals surface area contributed by atoms with Crippen LogP contribution in [0.25, 0.3) is 0 Å². The molecule has 1 atom stereocenters. The van der Waals surface area contributed by atoms with Gasteiger partial charge in [0.1, 0.15) is 0 Å². The van der Waals surface area contributed by atoms with Crippen LogP contribution in [0.1, 0.15) is 26.2 Å². The Balaban J connectivity index is 1.91. The first-order valence-corrected chi connectivity index (χ1v) is 6.37. The van der Waals surface area contributed by atoms with E-state index < -0.39 is 0 Å². The zero-order chi connectivity index (χ0) is 12.4. The number of rotatable bonds is 3. The summed E-state index contributed by atoms with van der Waals surface area (Å²) in [5.41, 5.74) is 0. The van der Waals surface area contributed by atoms with Gasteiger partial charge in [-0.15, -0.1) is 0 Å². The van der Waals surface area contributed by atoms with Crippen LogP contribution < -0.4 is 5.32 Å². The van der Waals surface area contributed by atoms with Crippen LogP contribution in [0.4, 0.5) is 0 Å². The van der Waals surface area contributed by atoms with E-state index in [1.165, 1.54) is 0 Å². The third-order valence-corrected chi connectivity index (χ3v) is 3.55. The molecule has 0 radical (unpaired) electrons. The van der Waals surface area contributed by atoms with Crippen molar-refractivity contribution in [2.45, 2.75) is 38.3 Å². The Morgan fingerprint density at radius 1 is 1.53 bits per heavy atom. The molecular formula is C12H21N3O2. The standard InChI is InChI=1S/C12H21N3O2/c1-9-12(17)15(7-3-6-13-9)8-11(16)14(2)10-4-5-10/h9-10,13H,3-8H2,1-2H3. The largest absolute Gasteiger partial charge is 0.341 e. The number of hydrogen-bond acceptors (Lipinski definition) is 3. The molecule has 1 unspecified atom stereocenters. The summed E-state index contributed by atoms with van der Waals surface area (Å²) in [6, 6.07) is 0.247. The van der Waals surface area contributed by atoms with Crippen LogP contribution in [-0.2, 0) is 9.59 Å². The van der Waals surface area contributed by atoms with E-state index in [4.69, 9.17) is 0 Å². The molecule has 0 aromatic heterocycles. The van der Waals surface area contributed by atoms with Gasteiger partial charge in [0.2, 0.25) is 11.8 Å². The molecule has 0 spiro atoms. The molecule has 2 aliphatic rings. The highest BCUT2D eigenvalue weighted by molar-refractivity contribution is 5.87. The van der Waals surface area contributed by atoms with Gasteiger partial charge in [0, 0.05) is 19.6 Å². The Morgan fingerprint density at radius 3 is 2.88 bits per heavy atom. The number of amides is 2. The lowest BCUT2D eigenvalue weighted by atomic mass is 10.3. The molecule has 1 heterocycles. The Labute approximate surface area is 102 Å². The summed E-state index contributed by atoms with van der Waals surface area (Å²) >= 11 is 0. The van der Waals surface area contributed by atoms with E-state index in [0.717, 1.165) is 25.8 Å². The van der Waals surface area contributed by atoms with Gasteiger partial charge in [0.05, 0.1) is 12.6 Å². The van der Waals surface area contributed by atoms with Gasteiger partial charge in [0.15, 0.2) is 0 Å². The lowest BCUT2D eigenvalue weighted by Gasteiger charge is -2.25. The van der Waals surface area contributed by atoms with E-state index >= 15 is 0 Å². The Morgan fingerprint density at radius 2 is 2.24 bits per heavy atom. The smallest absolute Gasteiger partial charge is 0.242 e. The van der Waals surface area contributed by atoms with Crippen molar-refractivity contribution in [2.75, 3.05) is 26.7 Å². The maximum Gasteiger partial charge on any atom is 0.242 e. The summed E-state index contributed by atoms with van der Waals surface area (Å²) in [5.74, 6) is 0.106. The Hall–Kier alpha value is -1.10. The van der Waals surface area contributed by atoms with Gasteiger partial charge in [-0.2, -0.15) is 0 Å². The summed E-state index contributed by atoms with van der Waals surface area (Å²) in [4.78, 5) is 27.4. The van der Waals surface area contributed by atoms with E-state index in [9.17, 15) is 9.59 Å². The summed E-state index contributed by atoms with van der Waals surface area (Å²) in [6.45, 7) is 3.62. The van der Waals surface area contributed by atoms with Crippen molar-refractivity contribution in [3.63, 3.8) is 0 Å². The fourth-order valence-corrected chi connectivity index (χ4v) is 2.16. The third kappa shape index (κ3) is 2.97. The summed E-state index contributed by atoms with van der Waals surface area (Å²) in [5, 5.41) is 3.15. The fourth-order valence-electron chi connectivity index (χ4n) is 2.16. The first-order chi connectivity index (χ1) is 8.09. The predicted molar refractivity (Wildman–Crippen MR) is 64.5 cm³/mol. The molecule has 96 valence electrons. The van der Waals surface area contributed by atoms with Crippen LogP contribution in [0.3, 0.4) is 0 Å². The molecule has 2 fully saturated rings. The second-order valence-corrected chi connectivity index (χ2v) is 5.02. The molecule has 2 amide bonds. The molecular weight excluding hydrogens is 218 g/mol. The molecule has 1 saturated carbocycles. The zero-order valence-corrected chi connectivity index (χ0v) is 10.6. The van der Waals surface area contributed by atoms with E-state index in [1.807, 2.05) is 14.0 Å². The summed E-state index contributed by atoms with van der Waals surface area (Å²) in [6.07, 6.45) is 3.12. The molecule has 5 nitrogen and oxygen atoms in total. The Bertz CT molecular complexity index is 315. The highest BCUT2D eigenvalue weighted by Gasteiger charge is 2.32. The molecule has 1 saturated heterocycles. The van der Waals surface area contributed by atoms with Gasteiger partial charge in [0.25, 0.3) is 0 Å². The van der Waals surface area contributed by atoms with Gasteiger partial charge in [-0.25, -0.2) is 0 Å². The van der Waals surface area contributed by atoms with Gasteiger partial charge in [-0.3, -0.25) is 9.59 Å². The van der Waals surface area contributed by atoms with Crippen LogP contribution in [-0.4, -0.2) is 60.4 Å². The topological polar surface area (TPSA) is 52.7 Å². The molecule has 0 aromatic rings. The molecule has 1 N–H and O–H groups in total. The quantitative estimate of drug-likeness (QED) is 0.743. The average Bonchev–Trinajstić information content (AvgIpc) is 3.13. The average molecular weight is 239 g/mol. The molecule has 5 heteroatoms. The van der Waals surface area contributed by atoms with E-state index in [0.29, 0.717) is 12.6 Å². The van der Waals surface area contributed by atoms with Crippen molar-refractivity contribution in [3.8, 4) is 0 Å². The SMILES string of the molecule is CC1NCCCN(CC(=O)N(C)C2CC2)C1=O. The van der Waals surface area contributed by atoms with Crippen LogP contribution in [0.5, 0.6) is 0 Å². The molecule has 1 aliphatic heterocycles. The predicted octanol–water partition coefficient (Wildman–Crippen LogP) is -0.182. The maximum absolute atomic E-state index is 12.0. The number of carbonyl (C=O) groups excluding carboxylic acids is 2. The Kier molecular flexibility index (Phi) is 3.66. The van der Waals surface area contributed by atoms with Crippen molar-refractivity contribution in [1.82, 2.24) is 15.1 Å². The lowest BCUT2D eigenvalue weighted by molar-refractivity contribution is -0.140. The second kappa shape index (κ2) is 5.04. The van der Waals surface area contributed by atoms with Crippen LogP contribution in [0, 0.1) is 0 Å². The van der Waals surface area contributed by atoms with Crippen LogP contribution in [0.2, 0.25) is 0 Å². The molecule has 17 heavy (non-hydrogen) atoms. The van der Waals surface area contributed by atoms with E-state index in [1.54, 1.807) is 9.80 Å². The monoisotopic (exact) mass is 239 g/mol. The molecule has 0 bridgehead atoms. The van der Waals surface area contributed by atoms with E-state index in [-0.39, 0.29) is 24.4 Å². The van der Waals surface area contributed by atoms with Gasteiger partial charge < -0.3 is 15.1 Å². The lowest BCUT2D eigenvalue weighted by Crippen LogP contribution is -2.46. The van der Waals surface area contributed by atoms with Crippen molar-refractivity contribution >= 4 is 11.8 Å². The number of hydrogen-bond donors (Lipinski definition) is 1. The van der Waals surface area contributed by atoms with Crippen LogP contribution >= 0.6 is 0 Å². The molecule has 1 aliphatic carbocycles. The van der Waals surface area contributed by atoms with Crippen molar-refractivity contribution in [2.24, 2.45) is 0 Å². The van der Waals surface area contributed by atoms with Crippen molar-refractivity contribution in [1.29, 1.82) is 0 Å². The minimum atomic E-state index is -0.170. The zero-order valence-electron chi connectivity index (χ0n) is 10.6. The van der Waals surface area contributed by atoms with E-state index in [2.05, 4.69) is 5.32 Å². The normalized spacial score (nSPS) is 25.6. The maximum atomic E-state index is 12.0. The van der Waals surface area contributed by atoms with Gasteiger partial charge in [-0.05, 0) is 32.7 Å². The molecule has 0 aromatic carbocycles. The fraction of sp³-hybridized carbons (Fsp3) is 0.833. The minimum absolute atomic E-state index is 0.0417. The summed E-state index contributed by atoms with van der Waals surface area (Å²) < 4.78 is 0. The van der Waals surface area contributed by atoms with Gasteiger partial charge >= 0.3 is 0 Å². The first kappa shape index (κ1) is 12.4. The highest BCUT2D eigenvalue weighted by atomic mass is 16.2. The van der Waals surface area contributed by atoms with Crippen molar-refractivity contribution in [3.05, 3.63) is 0 Å². The number of carbonyl (C=O) groups is 2. The minimum Gasteiger partial charge on any atom is -0.341 e. The van der Waals surface area contributed by atoms with Crippen LogP contribution in [0.15, 0.2) is 0 Å². The number of nitrogens with zero attached hydrogens (tertiary/aromatic N) is 2. The number of nitrogens with one attached hydrogen (secondary N) is 1. The molecule has 2 rings (SSSR count). The summed E-state index contributed by atoms with van der Waals surface area (Å²) in [7, 11) is 1.84. The highest BCUT2D eigenvalue weighted by Crippen LogP contribution is 2.25. The van der Waals surface area contributed by atoms with Crippen molar-refractivity contribution < 1.29 is 9.59 Å². The first-order valence-electron chi connectivity index (χ1n) is 6.37. The van der Waals surface area contributed by atoms with Gasteiger partial charge in [-0.1, -0.05) is 0 Å². The third-order valence-electron chi connectivity index (χ3n) is 3.55. The second-order valence-electron chi connectivity index (χ2n) is 5.02.